The predicted molar refractivity (Wildman–Crippen MR) is 97.8 cm³/mol. The monoisotopic (exact) mass is 328 g/mol. The van der Waals surface area contributed by atoms with Gasteiger partial charge >= 0.3 is 0 Å². The molecule has 0 aliphatic carbocycles. The van der Waals surface area contributed by atoms with Crippen LogP contribution in [0.4, 0.5) is 0 Å². The van der Waals surface area contributed by atoms with Crippen molar-refractivity contribution in [1.82, 2.24) is 25.4 Å². The standard InChI is InChI=1S/C18H28N6/c1-5-19-18(21-12-17-22-13-23-24(17)4)20-11-16(14(2)3)15-9-7-6-8-10-15/h6-10,13-14,16H,5,11-12H2,1-4H3,(H2,19,20,21). The molecule has 24 heavy (non-hydrogen) atoms. The van der Waals surface area contributed by atoms with Gasteiger partial charge in [-0.25, -0.2) is 9.98 Å². The van der Waals surface area contributed by atoms with E-state index < -0.39 is 0 Å². The average molecular weight is 328 g/mol. The number of aromatic nitrogens is 3. The summed E-state index contributed by atoms with van der Waals surface area (Å²) in [5.74, 6) is 2.63. The van der Waals surface area contributed by atoms with E-state index in [4.69, 9.17) is 0 Å². The highest BCUT2D eigenvalue weighted by atomic mass is 15.3. The van der Waals surface area contributed by atoms with Gasteiger partial charge in [0.25, 0.3) is 0 Å². The first-order valence-electron chi connectivity index (χ1n) is 8.51. The number of hydrogen-bond donors (Lipinski definition) is 2. The van der Waals surface area contributed by atoms with Gasteiger partial charge in [-0.15, -0.1) is 0 Å². The third-order valence-corrected chi connectivity index (χ3v) is 4.05. The molecule has 0 spiro atoms. The largest absolute Gasteiger partial charge is 0.357 e. The van der Waals surface area contributed by atoms with Gasteiger partial charge in [-0.2, -0.15) is 5.10 Å². The molecule has 2 N–H and O–H groups in total. The Bertz CT molecular complexity index is 632. The zero-order valence-electron chi connectivity index (χ0n) is 15.0. The van der Waals surface area contributed by atoms with Crippen molar-refractivity contribution in [2.75, 3.05) is 13.1 Å². The highest BCUT2D eigenvalue weighted by Crippen LogP contribution is 2.23. The molecular weight excluding hydrogens is 300 g/mol. The Hall–Kier alpha value is -2.37. The number of aryl methyl sites for hydroxylation is 1. The number of nitrogens with one attached hydrogen (secondary N) is 2. The highest BCUT2D eigenvalue weighted by Gasteiger charge is 2.16. The van der Waals surface area contributed by atoms with E-state index in [0.717, 1.165) is 24.9 Å². The molecule has 0 saturated carbocycles. The molecule has 130 valence electrons. The molecule has 1 aromatic heterocycles. The maximum atomic E-state index is 4.61. The quantitative estimate of drug-likeness (QED) is 0.604. The van der Waals surface area contributed by atoms with Crippen LogP contribution in [0.25, 0.3) is 0 Å². The minimum atomic E-state index is 0.435. The first-order valence-corrected chi connectivity index (χ1v) is 8.51. The van der Waals surface area contributed by atoms with Crippen molar-refractivity contribution in [3.05, 3.63) is 48.0 Å². The van der Waals surface area contributed by atoms with E-state index in [1.54, 1.807) is 11.0 Å². The van der Waals surface area contributed by atoms with Gasteiger partial charge in [0.2, 0.25) is 0 Å². The molecule has 2 aromatic rings. The van der Waals surface area contributed by atoms with Crippen LogP contribution in [0.5, 0.6) is 0 Å². The molecule has 2 rings (SSSR count). The molecule has 0 radical (unpaired) electrons. The highest BCUT2D eigenvalue weighted by molar-refractivity contribution is 5.79. The van der Waals surface area contributed by atoms with E-state index in [-0.39, 0.29) is 0 Å². The van der Waals surface area contributed by atoms with Gasteiger partial charge in [0.1, 0.15) is 18.7 Å². The number of aliphatic imine (C=N–C) groups is 1. The first-order chi connectivity index (χ1) is 11.6. The molecule has 0 aliphatic rings. The van der Waals surface area contributed by atoms with Crippen molar-refractivity contribution in [3.8, 4) is 0 Å². The Morgan fingerprint density at radius 3 is 2.54 bits per heavy atom. The molecule has 6 nitrogen and oxygen atoms in total. The van der Waals surface area contributed by atoms with Gasteiger partial charge in [-0.05, 0) is 18.4 Å². The van der Waals surface area contributed by atoms with Crippen LogP contribution in [0.1, 0.15) is 38.1 Å². The van der Waals surface area contributed by atoms with Crippen molar-refractivity contribution in [3.63, 3.8) is 0 Å². The summed E-state index contributed by atoms with van der Waals surface area (Å²) in [6.07, 6.45) is 1.55. The molecule has 0 saturated heterocycles. The fraction of sp³-hybridized carbons (Fsp3) is 0.500. The second-order valence-electron chi connectivity index (χ2n) is 6.14. The van der Waals surface area contributed by atoms with Gasteiger partial charge < -0.3 is 10.6 Å². The number of rotatable bonds is 7. The summed E-state index contributed by atoms with van der Waals surface area (Å²) in [5.41, 5.74) is 1.35. The summed E-state index contributed by atoms with van der Waals surface area (Å²) in [6.45, 7) is 8.74. The van der Waals surface area contributed by atoms with E-state index in [2.05, 4.69) is 76.8 Å². The summed E-state index contributed by atoms with van der Waals surface area (Å²) in [7, 11) is 1.88. The van der Waals surface area contributed by atoms with Crippen LogP contribution in [0.15, 0.2) is 41.7 Å². The Kier molecular flexibility index (Phi) is 6.78. The summed E-state index contributed by atoms with van der Waals surface area (Å²) in [4.78, 5) is 8.82. The zero-order valence-corrected chi connectivity index (χ0v) is 15.0. The summed E-state index contributed by atoms with van der Waals surface area (Å²) in [6, 6.07) is 10.6. The number of guanidine groups is 1. The minimum absolute atomic E-state index is 0.435. The molecular formula is C18H28N6. The molecule has 6 heteroatoms. The topological polar surface area (TPSA) is 67.1 Å². The van der Waals surface area contributed by atoms with Crippen molar-refractivity contribution >= 4 is 5.96 Å². The van der Waals surface area contributed by atoms with Crippen LogP contribution in [0.3, 0.4) is 0 Å². The van der Waals surface area contributed by atoms with Crippen LogP contribution >= 0.6 is 0 Å². The van der Waals surface area contributed by atoms with Crippen molar-refractivity contribution in [2.45, 2.75) is 33.2 Å². The lowest BCUT2D eigenvalue weighted by Gasteiger charge is -2.23. The van der Waals surface area contributed by atoms with Gasteiger partial charge in [-0.1, -0.05) is 44.2 Å². The Morgan fingerprint density at radius 2 is 1.96 bits per heavy atom. The molecule has 0 amide bonds. The summed E-state index contributed by atoms with van der Waals surface area (Å²) >= 11 is 0. The summed E-state index contributed by atoms with van der Waals surface area (Å²) < 4.78 is 1.74. The van der Waals surface area contributed by atoms with Crippen LogP contribution in [0.2, 0.25) is 0 Å². The minimum Gasteiger partial charge on any atom is -0.357 e. The Labute approximate surface area is 144 Å². The fourth-order valence-corrected chi connectivity index (χ4v) is 2.60. The van der Waals surface area contributed by atoms with Crippen molar-refractivity contribution in [1.29, 1.82) is 0 Å². The Balaban J connectivity index is 2.02. The number of benzene rings is 1. The maximum absolute atomic E-state index is 4.61. The van der Waals surface area contributed by atoms with Gasteiger partial charge in [0.15, 0.2) is 5.96 Å². The molecule has 1 unspecified atom stereocenters. The van der Waals surface area contributed by atoms with Crippen LogP contribution in [0, 0.1) is 5.92 Å². The molecule has 0 fully saturated rings. The first kappa shape index (κ1) is 18.0. The van der Waals surface area contributed by atoms with Gasteiger partial charge in [0.05, 0.1) is 0 Å². The molecule has 0 bridgehead atoms. The van der Waals surface area contributed by atoms with Crippen molar-refractivity contribution in [2.24, 2.45) is 18.0 Å². The Morgan fingerprint density at radius 1 is 1.21 bits per heavy atom. The van der Waals surface area contributed by atoms with E-state index >= 15 is 0 Å². The number of nitrogens with zero attached hydrogens (tertiary/aromatic N) is 4. The fourth-order valence-electron chi connectivity index (χ4n) is 2.60. The second kappa shape index (κ2) is 9.05. The normalized spacial score (nSPS) is 13.1. The van der Waals surface area contributed by atoms with Crippen LogP contribution in [-0.4, -0.2) is 33.8 Å². The third-order valence-electron chi connectivity index (χ3n) is 4.05. The van der Waals surface area contributed by atoms with E-state index in [0.29, 0.717) is 18.4 Å². The van der Waals surface area contributed by atoms with Gasteiger partial charge in [0, 0.05) is 26.1 Å². The SMILES string of the molecule is CCNC(=NCc1ncnn1C)NCC(c1ccccc1)C(C)C. The maximum Gasteiger partial charge on any atom is 0.191 e. The molecule has 1 heterocycles. The van der Waals surface area contributed by atoms with E-state index in [1.165, 1.54) is 5.56 Å². The smallest absolute Gasteiger partial charge is 0.191 e. The molecule has 0 aliphatic heterocycles. The van der Waals surface area contributed by atoms with E-state index in [9.17, 15) is 0 Å². The lowest BCUT2D eigenvalue weighted by atomic mass is 9.88. The lowest BCUT2D eigenvalue weighted by Crippen LogP contribution is -2.40. The average Bonchev–Trinajstić information content (AvgIpc) is 2.98. The number of hydrogen-bond acceptors (Lipinski definition) is 3. The second-order valence-corrected chi connectivity index (χ2v) is 6.14. The lowest BCUT2D eigenvalue weighted by molar-refractivity contribution is 0.488. The van der Waals surface area contributed by atoms with Crippen molar-refractivity contribution < 1.29 is 0 Å². The third kappa shape index (κ3) is 5.08. The van der Waals surface area contributed by atoms with Crippen LogP contribution in [-0.2, 0) is 13.6 Å². The van der Waals surface area contributed by atoms with Gasteiger partial charge in [-0.3, -0.25) is 4.68 Å². The molecule has 1 atom stereocenters. The van der Waals surface area contributed by atoms with E-state index in [1.807, 2.05) is 7.05 Å². The van der Waals surface area contributed by atoms with Crippen LogP contribution < -0.4 is 10.6 Å². The molecule has 1 aromatic carbocycles. The predicted octanol–water partition coefficient (Wildman–Crippen LogP) is 2.31. The summed E-state index contributed by atoms with van der Waals surface area (Å²) in [5, 5.41) is 10.8. The zero-order chi connectivity index (χ0) is 17.4.